The molecule has 0 saturated heterocycles. The molecule has 0 aliphatic heterocycles. The minimum absolute atomic E-state index is 0.0324. The number of carbonyl (C=O) groups is 10. The lowest BCUT2D eigenvalue weighted by molar-refractivity contribution is -0.138. The van der Waals surface area contributed by atoms with E-state index in [1.165, 1.54) is 122 Å². The fourth-order valence-electron chi connectivity index (χ4n) is 12.0. The van der Waals surface area contributed by atoms with Crippen LogP contribution in [-0.2, 0) is 119 Å². The maximum atomic E-state index is 12.4. The number of ether oxygens (including phenoxy) is 8. The summed E-state index contributed by atoms with van der Waals surface area (Å²) in [5.41, 5.74) is 16.6. The lowest BCUT2D eigenvalue weighted by Gasteiger charge is -2.38. The van der Waals surface area contributed by atoms with E-state index in [1.807, 2.05) is 237 Å². The molecule has 0 aromatic heterocycles. The van der Waals surface area contributed by atoms with Gasteiger partial charge in [-0.2, -0.15) is 26.3 Å². The second-order valence-corrected chi connectivity index (χ2v) is 30.7. The van der Waals surface area contributed by atoms with Crippen LogP contribution < -0.4 is 53.6 Å². The van der Waals surface area contributed by atoms with Gasteiger partial charge in [-0.3, -0.25) is 14.9 Å². The molecule has 0 radical (unpaired) electrons. The Kier molecular flexibility index (Phi) is 59.6. The summed E-state index contributed by atoms with van der Waals surface area (Å²) in [5.74, 6) is -4.21. The highest BCUT2D eigenvalue weighted by molar-refractivity contribution is 5.99. The predicted octanol–water partition coefficient (Wildman–Crippen LogP) is 19.6. The van der Waals surface area contributed by atoms with Crippen molar-refractivity contribution in [2.45, 2.75) is 145 Å². The van der Waals surface area contributed by atoms with E-state index in [1.54, 1.807) is 13.8 Å². The number of hydrogen-bond acceptors (Lipinski definition) is 26. The SMILES string of the molecule is CCC(=CC(=O)NC(=O)OC)Nc1ccc(C(F)(F)F)cc1.CCC(=CC(=O)OC)NC(c1ccccc1)(c1ccccc1)c1ccccc1.CCC(=CC(=O)OC)NCc1ccccc1.CCC(=CC(N)=O)Nc1ccc(C(F)(F)F)cc1.COC(=O)C=C(C)NC(C)C.COC(=O)C=C(C)NCc1ccccc1.COC(=O)C=C(NC(C)C)C(=O)OC.COC(=O)C=C(NCc1ccccc1)c1ccccc1. The van der Waals surface area contributed by atoms with Crippen molar-refractivity contribution in [1.82, 2.24) is 37.2 Å². The third kappa shape index (κ3) is 52.0. The summed E-state index contributed by atoms with van der Waals surface area (Å²) < 4.78 is 111. The fraction of sp³-hybridized carbons (Fsp3) is 0.273. The first kappa shape index (κ1) is 124. The zero-order valence-corrected chi connectivity index (χ0v) is 84.2. The zero-order chi connectivity index (χ0) is 107. The summed E-state index contributed by atoms with van der Waals surface area (Å²) in [4.78, 5) is 111. The van der Waals surface area contributed by atoms with Gasteiger partial charge in [-0.1, -0.05) is 240 Å². The number of imide groups is 1. The fourth-order valence-corrected chi connectivity index (χ4v) is 12.0. The van der Waals surface area contributed by atoms with E-state index in [9.17, 15) is 74.3 Å². The van der Waals surface area contributed by atoms with E-state index >= 15 is 0 Å². The second-order valence-electron chi connectivity index (χ2n) is 30.7. The normalized spacial score (nSPS) is 11.5. The van der Waals surface area contributed by atoms with Gasteiger partial charge in [0.05, 0.1) is 74.1 Å². The summed E-state index contributed by atoms with van der Waals surface area (Å²) in [6, 6.07) is 80.0. The van der Waals surface area contributed by atoms with E-state index in [2.05, 4.69) is 107 Å². The van der Waals surface area contributed by atoms with Crippen LogP contribution in [0.4, 0.5) is 42.5 Å². The Bertz CT molecular complexity index is 5540. The van der Waals surface area contributed by atoms with Crippen molar-refractivity contribution in [3.05, 3.63) is 399 Å². The monoisotopic (exact) mass is 1990 g/mol. The van der Waals surface area contributed by atoms with Crippen LogP contribution in [0.1, 0.15) is 145 Å². The molecule has 11 N–H and O–H groups in total. The lowest BCUT2D eigenvalue weighted by Crippen LogP contribution is -2.44. The van der Waals surface area contributed by atoms with Gasteiger partial charge in [-0.15, -0.1) is 0 Å². The van der Waals surface area contributed by atoms with Crippen molar-refractivity contribution in [2.75, 3.05) is 67.5 Å². The summed E-state index contributed by atoms with van der Waals surface area (Å²) in [5, 5.41) is 26.7. The van der Waals surface area contributed by atoms with Gasteiger partial charge in [0.15, 0.2) is 0 Å². The molecule has 0 unspecified atom stereocenters. The number of amides is 3. The average Bonchev–Trinajstić information content (AvgIpc) is 0.751. The van der Waals surface area contributed by atoms with Crippen LogP contribution >= 0.6 is 0 Å². The number of nitrogens with one attached hydrogen (secondary N) is 9. The molecule has 9 aromatic carbocycles. The molecule has 772 valence electrons. The van der Waals surface area contributed by atoms with Gasteiger partial charge in [0.1, 0.15) is 11.2 Å². The van der Waals surface area contributed by atoms with E-state index in [-0.39, 0.29) is 41.6 Å². The van der Waals surface area contributed by atoms with Crippen LogP contribution in [0.25, 0.3) is 5.70 Å². The number of esters is 7. The number of alkyl carbamates (subject to hydrolysis) is 1. The molecule has 0 aliphatic carbocycles. The molecule has 9 aromatic rings. The maximum absolute atomic E-state index is 12.4. The maximum Gasteiger partial charge on any atom is 0.416 e. The minimum Gasteiger partial charge on any atom is -0.466 e. The number of nitrogens with two attached hydrogens (primary N) is 1. The Morgan fingerprint density at radius 2 is 0.646 bits per heavy atom. The zero-order valence-electron chi connectivity index (χ0n) is 84.2. The van der Waals surface area contributed by atoms with Crippen LogP contribution in [0.5, 0.6) is 0 Å². The third-order valence-electron chi connectivity index (χ3n) is 19.1. The third-order valence-corrected chi connectivity index (χ3v) is 19.1. The van der Waals surface area contributed by atoms with Crippen LogP contribution in [0, 0.1) is 0 Å². The Morgan fingerprint density at radius 3 is 0.986 bits per heavy atom. The Balaban J connectivity index is 0.000000564. The molecule has 28 nitrogen and oxygen atoms in total. The van der Waals surface area contributed by atoms with E-state index in [4.69, 9.17) is 15.2 Å². The molecule has 3 amide bonds. The van der Waals surface area contributed by atoms with Crippen molar-refractivity contribution in [1.29, 1.82) is 0 Å². The number of halogens is 6. The molecule has 0 bridgehead atoms. The highest BCUT2D eigenvalue weighted by atomic mass is 19.4. The van der Waals surface area contributed by atoms with Crippen LogP contribution in [0.3, 0.4) is 0 Å². The topological polar surface area (TPSA) is 379 Å². The molecular formula is C110H132F6N10O18. The molecule has 9 rings (SSSR count). The summed E-state index contributed by atoms with van der Waals surface area (Å²) in [6.07, 6.45) is 3.49. The van der Waals surface area contributed by atoms with Gasteiger partial charge in [-0.25, -0.2) is 38.4 Å². The largest absolute Gasteiger partial charge is 0.466 e. The summed E-state index contributed by atoms with van der Waals surface area (Å²) in [7, 11) is 10.5. The molecule has 0 aliphatic rings. The first-order valence-electron chi connectivity index (χ1n) is 45.2. The van der Waals surface area contributed by atoms with Gasteiger partial charge in [0.2, 0.25) is 5.91 Å². The second kappa shape index (κ2) is 69.4. The lowest BCUT2D eigenvalue weighted by atomic mass is 9.76. The predicted molar refractivity (Wildman–Crippen MR) is 546 cm³/mol. The molecule has 0 saturated carbocycles. The number of allylic oxidation sites excluding steroid dienone is 6. The number of methoxy groups -OCH3 is 8. The highest BCUT2D eigenvalue weighted by Crippen LogP contribution is 2.39. The highest BCUT2D eigenvalue weighted by Gasteiger charge is 2.37. The first-order valence-corrected chi connectivity index (χ1v) is 45.2. The summed E-state index contributed by atoms with van der Waals surface area (Å²) >= 11 is 0. The molecule has 34 heteroatoms. The Hall–Kier alpha value is -16.4. The van der Waals surface area contributed by atoms with Gasteiger partial charge in [0, 0.05) is 126 Å². The number of alkyl halides is 6. The number of benzene rings is 9. The van der Waals surface area contributed by atoms with Gasteiger partial charge >= 0.3 is 60.2 Å². The van der Waals surface area contributed by atoms with Crippen molar-refractivity contribution in [3.8, 4) is 0 Å². The number of anilines is 2. The molecule has 144 heavy (non-hydrogen) atoms. The average molecular weight is 2000 g/mol. The first-order chi connectivity index (χ1) is 68.6. The van der Waals surface area contributed by atoms with E-state index in [0.717, 1.165) is 113 Å². The van der Waals surface area contributed by atoms with Crippen LogP contribution in [-0.4, -0.2) is 129 Å². The van der Waals surface area contributed by atoms with Gasteiger partial charge in [-0.05, 0) is 155 Å². The quantitative estimate of drug-likeness (QED) is 0.00573. The van der Waals surface area contributed by atoms with Crippen molar-refractivity contribution in [2.24, 2.45) is 5.73 Å². The minimum atomic E-state index is -4.40. The number of carbonyl (C=O) groups excluding carboxylic acids is 10. The van der Waals surface area contributed by atoms with Crippen molar-refractivity contribution in [3.63, 3.8) is 0 Å². The van der Waals surface area contributed by atoms with Crippen LogP contribution in [0.15, 0.2) is 349 Å². The Labute approximate surface area is 839 Å². The standard InChI is InChI=1S/C25H25NO2.C17H17NO2.C14H15F3N2O3.C13H17NO2.C12H13F3N2O.C12H15NO2.C9H15NO4.C8H15NO2/c1-3-23(19-24(27)28-2)26-25(20-13-7-4-8-14-20,21-15-9-5-10-16-21)22-17-11-6-12-18-22;1-20-17(19)12-16(15-10-6-3-7-11-15)18-13-14-8-4-2-5-9-14;1-3-10(8-12(20)19-13(21)22-2)18-11-6-4-9(5-7-11)14(15,16)17;1-3-12(9-13(15)16-2)14-10-11-7-5-4-6-8-11;1-2-9(7-11(16)18)17-10-5-3-8(4-6-10)12(13,14)15;1-10(8-12(14)15-2)13-9-11-6-4-3-5-7-11;1-6(2)10-7(9(12)14-4)5-8(11)13-3;1-6(2)9-7(3)5-8(10)11-4/h4-19,26H,3H2,1-2H3;2-12,18H,13H2,1H3;4-8,18H,3H2,1-2H3,(H,19,20,21);4-9,14H,3,10H2,1-2H3;3-7,17H,2H2,1H3,(H2,16,18);3-8,13H,9H2,1-2H3;5-6,10H,1-4H3;5-6,9H,1-4H3. The molecule has 0 spiro atoms. The Morgan fingerprint density at radius 1 is 0.326 bits per heavy atom. The van der Waals surface area contributed by atoms with Crippen LogP contribution in [0.2, 0.25) is 0 Å². The van der Waals surface area contributed by atoms with Gasteiger partial charge < -0.3 is 86.2 Å². The number of rotatable bonds is 36. The smallest absolute Gasteiger partial charge is 0.416 e. The summed E-state index contributed by atoms with van der Waals surface area (Å²) in [6.45, 7) is 21.0. The molecule has 0 atom stereocenters. The van der Waals surface area contributed by atoms with E-state index in [0.29, 0.717) is 61.2 Å². The van der Waals surface area contributed by atoms with Crippen molar-refractivity contribution < 1.29 is 112 Å². The molecular weight excluding hydrogens is 1860 g/mol. The van der Waals surface area contributed by atoms with E-state index < -0.39 is 58.9 Å². The number of primary amides is 1. The molecule has 0 fully saturated rings. The van der Waals surface area contributed by atoms with Crippen molar-refractivity contribution >= 4 is 76.8 Å². The van der Waals surface area contributed by atoms with Gasteiger partial charge in [0.25, 0.3) is 5.91 Å². The molecule has 0 heterocycles. The number of hydrogen-bond donors (Lipinski definition) is 10.